The van der Waals surface area contributed by atoms with Crippen LogP contribution in [0, 0.1) is 40.8 Å². The number of nitrogens with zero attached hydrogens (tertiary/aromatic N) is 1. The van der Waals surface area contributed by atoms with E-state index in [0.29, 0.717) is 6.08 Å². The molecule has 1 aromatic heterocycles. The first kappa shape index (κ1) is 20.5. The molecule has 2 rings (SSSR count). The van der Waals surface area contributed by atoms with E-state index >= 15 is 0 Å². The number of rotatable bonds is 4. The third kappa shape index (κ3) is 3.79. The molecule has 0 spiro atoms. The number of alkyl halides is 3. The fourth-order valence-electron chi connectivity index (χ4n) is 2.58. The number of hydrogen-bond donors (Lipinski definition) is 0. The van der Waals surface area contributed by atoms with Crippen molar-refractivity contribution in [2.24, 2.45) is 17.3 Å². The highest BCUT2D eigenvalue weighted by Gasteiger charge is 2.62. The topological polar surface area (TPSA) is 39.2 Å². The molecule has 3 nitrogen and oxygen atoms in total. The number of ether oxygens (including phenoxy) is 1. The maximum Gasteiger partial charge on any atom is 0.426 e. The van der Waals surface area contributed by atoms with Crippen LogP contribution in [0.4, 0.5) is 30.7 Å². The molecule has 0 saturated heterocycles. The molecule has 0 radical (unpaired) electrons. The number of esters is 1. The molecule has 1 aliphatic carbocycles. The predicted octanol–water partition coefficient (Wildman–Crippen LogP) is 4.64. The highest BCUT2D eigenvalue weighted by molar-refractivity contribution is 6.30. The van der Waals surface area contributed by atoms with Gasteiger partial charge in [0.2, 0.25) is 0 Å². The lowest BCUT2D eigenvalue weighted by molar-refractivity contribution is -0.147. The number of carbonyl (C=O) groups excluding carboxylic acids is 1. The van der Waals surface area contributed by atoms with Crippen molar-refractivity contribution < 1.29 is 40.3 Å². The summed E-state index contributed by atoms with van der Waals surface area (Å²) in [6.45, 7) is 1.78. The molecule has 144 valence electrons. The molecular weight excluding hydrogens is 395 g/mol. The van der Waals surface area contributed by atoms with Crippen molar-refractivity contribution in [2.45, 2.75) is 26.6 Å². The molecule has 1 saturated carbocycles. The van der Waals surface area contributed by atoms with Gasteiger partial charge in [-0.15, -0.1) is 0 Å². The molecule has 2 atom stereocenters. The fourth-order valence-corrected chi connectivity index (χ4v) is 2.72. The van der Waals surface area contributed by atoms with Gasteiger partial charge < -0.3 is 4.74 Å². The van der Waals surface area contributed by atoms with Crippen molar-refractivity contribution in [1.29, 1.82) is 0 Å². The molecular formula is C15H11ClF7NO2. The van der Waals surface area contributed by atoms with Crippen molar-refractivity contribution in [3.63, 3.8) is 0 Å². The van der Waals surface area contributed by atoms with Crippen LogP contribution in [0.2, 0.25) is 0 Å². The third-order valence-electron chi connectivity index (χ3n) is 4.21. The Morgan fingerprint density at radius 1 is 1.19 bits per heavy atom. The minimum atomic E-state index is -4.78. The van der Waals surface area contributed by atoms with Gasteiger partial charge in [-0.3, -0.25) is 4.79 Å². The van der Waals surface area contributed by atoms with Crippen LogP contribution in [-0.4, -0.2) is 17.1 Å². The second-order valence-corrected chi connectivity index (χ2v) is 6.65. The first-order valence-corrected chi connectivity index (χ1v) is 7.46. The predicted molar refractivity (Wildman–Crippen MR) is 74.6 cm³/mol. The highest BCUT2D eigenvalue weighted by atomic mass is 35.5. The summed E-state index contributed by atoms with van der Waals surface area (Å²) in [7, 11) is 0. The normalized spacial score (nSPS) is 22.3. The number of carbonyl (C=O) groups is 1. The Labute approximate surface area is 147 Å². The van der Waals surface area contributed by atoms with Gasteiger partial charge in [0.05, 0.1) is 11.5 Å². The molecule has 0 unspecified atom stereocenters. The number of hydrogen-bond acceptors (Lipinski definition) is 3. The van der Waals surface area contributed by atoms with E-state index in [9.17, 15) is 35.5 Å². The van der Waals surface area contributed by atoms with Crippen LogP contribution in [0.3, 0.4) is 0 Å². The lowest BCUT2D eigenvalue weighted by Gasteiger charge is -2.08. The second-order valence-electron chi connectivity index (χ2n) is 6.24. The molecule has 1 heterocycles. The average Bonchev–Trinajstić information content (AvgIpc) is 3.04. The Morgan fingerprint density at radius 3 is 2.15 bits per heavy atom. The van der Waals surface area contributed by atoms with Gasteiger partial charge >= 0.3 is 12.1 Å². The second kappa shape index (κ2) is 6.71. The van der Waals surface area contributed by atoms with Gasteiger partial charge in [-0.2, -0.15) is 26.9 Å². The van der Waals surface area contributed by atoms with Gasteiger partial charge in [-0.1, -0.05) is 31.5 Å². The summed E-state index contributed by atoms with van der Waals surface area (Å²) in [5.74, 6) is -10.6. The third-order valence-corrected chi connectivity index (χ3v) is 4.55. The zero-order valence-corrected chi connectivity index (χ0v) is 14.0. The molecule has 1 aromatic rings. The van der Waals surface area contributed by atoms with Crippen molar-refractivity contribution in [3.8, 4) is 0 Å². The minimum Gasteiger partial charge on any atom is -0.460 e. The summed E-state index contributed by atoms with van der Waals surface area (Å²) < 4.78 is 94.9. The van der Waals surface area contributed by atoms with Crippen molar-refractivity contribution in [3.05, 3.63) is 40.2 Å². The maximum absolute atomic E-state index is 13.5. The average molecular weight is 406 g/mol. The molecule has 0 amide bonds. The van der Waals surface area contributed by atoms with Crippen molar-refractivity contribution >= 4 is 17.6 Å². The van der Waals surface area contributed by atoms with E-state index in [-0.39, 0.29) is 0 Å². The number of aromatic nitrogens is 1. The number of pyridine rings is 1. The Bertz CT molecular complexity index is 750. The highest BCUT2D eigenvalue weighted by Crippen LogP contribution is 2.60. The largest absolute Gasteiger partial charge is 0.460 e. The van der Waals surface area contributed by atoms with Gasteiger partial charge in [-0.05, 0) is 11.3 Å². The first-order valence-electron chi connectivity index (χ1n) is 7.08. The Kier molecular flexibility index (Phi) is 5.29. The summed E-state index contributed by atoms with van der Waals surface area (Å²) in [6.07, 6.45) is -4.13. The van der Waals surface area contributed by atoms with Crippen LogP contribution in [0.15, 0.2) is 11.1 Å². The van der Waals surface area contributed by atoms with Crippen molar-refractivity contribution in [1.82, 2.24) is 4.98 Å². The molecule has 0 N–H and O–H groups in total. The quantitative estimate of drug-likeness (QED) is 0.416. The fraction of sp³-hybridized carbons (Fsp3) is 0.467. The van der Waals surface area contributed by atoms with Gasteiger partial charge in [0.1, 0.15) is 11.6 Å². The number of allylic oxidation sites excluding steroid dienone is 2. The molecule has 1 aliphatic rings. The maximum atomic E-state index is 13.5. The smallest absolute Gasteiger partial charge is 0.426 e. The summed E-state index contributed by atoms with van der Waals surface area (Å²) in [5.41, 5.74) is -2.14. The molecule has 1 fully saturated rings. The van der Waals surface area contributed by atoms with E-state index in [4.69, 9.17) is 11.6 Å². The number of halogens is 8. The van der Waals surface area contributed by atoms with E-state index in [1.165, 1.54) is 13.8 Å². The van der Waals surface area contributed by atoms with E-state index in [2.05, 4.69) is 9.72 Å². The summed E-state index contributed by atoms with van der Waals surface area (Å²) in [5, 5.41) is -1.42. The van der Waals surface area contributed by atoms with Gasteiger partial charge in [0.25, 0.3) is 11.9 Å². The summed E-state index contributed by atoms with van der Waals surface area (Å²) in [4.78, 5) is 14.4. The van der Waals surface area contributed by atoms with E-state index in [0.717, 1.165) is 0 Å². The van der Waals surface area contributed by atoms with Crippen LogP contribution in [0.25, 0.3) is 0 Å². The molecule has 0 aromatic carbocycles. The monoisotopic (exact) mass is 405 g/mol. The van der Waals surface area contributed by atoms with Gasteiger partial charge in [0, 0.05) is 0 Å². The van der Waals surface area contributed by atoms with E-state index in [1.807, 2.05) is 0 Å². The van der Waals surface area contributed by atoms with Gasteiger partial charge in [-0.25, -0.2) is 8.78 Å². The van der Waals surface area contributed by atoms with Crippen LogP contribution >= 0.6 is 11.6 Å². The Morgan fingerprint density at radius 2 is 1.69 bits per heavy atom. The zero-order valence-electron chi connectivity index (χ0n) is 13.2. The summed E-state index contributed by atoms with van der Waals surface area (Å²) in [6, 6.07) is 0. The van der Waals surface area contributed by atoms with Crippen LogP contribution in [0.1, 0.15) is 19.4 Å². The lowest BCUT2D eigenvalue weighted by atomic mass is 10.1. The summed E-state index contributed by atoms with van der Waals surface area (Å²) >= 11 is 5.13. The van der Waals surface area contributed by atoms with Crippen LogP contribution in [-0.2, 0) is 16.1 Å². The molecule has 26 heavy (non-hydrogen) atoms. The van der Waals surface area contributed by atoms with Gasteiger partial charge in [0.15, 0.2) is 11.6 Å². The minimum absolute atomic E-state index is 0.653. The lowest BCUT2D eigenvalue weighted by Crippen LogP contribution is -2.14. The zero-order chi connectivity index (χ0) is 20.0. The SMILES string of the molecule is CC1(C)[C@H](C(=O)OCc2c(F)c(F)nc(F)c2F)[C@@H]1C=C(Cl)C(F)(F)F. The van der Waals surface area contributed by atoms with Crippen LogP contribution < -0.4 is 0 Å². The van der Waals surface area contributed by atoms with Crippen molar-refractivity contribution in [2.75, 3.05) is 0 Å². The Balaban J connectivity index is 2.13. The molecule has 0 aliphatic heterocycles. The first-order chi connectivity index (χ1) is 11.8. The van der Waals surface area contributed by atoms with E-state index in [1.54, 1.807) is 0 Å². The Hall–Kier alpha value is -1.84. The van der Waals surface area contributed by atoms with E-state index < -0.39 is 70.1 Å². The standard InChI is InChI=1S/C15H11ClF7NO2/c1-14(2)6(3-7(16)15(21,22)23)8(14)13(25)26-4-5-9(17)11(19)24-12(20)10(5)18/h3,6,8H,4H2,1-2H3/t6-,8-/m0/s1. The van der Waals surface area contributed by atoms with Crippen LogP contribution in [0.5, 0.6) is 0 Å². The molecule has 0 bridgehead atoms. The molecule has 11 heteroatoms.